The number of ether oxygens (including phenoxy) is 1. The van der Waals surface area contributed by atoms with Crippen molar-refractivity contribution in [2.45, 2.75) is 5.16 Å². The number of halogens is 1. The first kappa shape index (κ1) is 17.5. The maximum absolute atomic E-state index is 12.2. The second kappa shape index (κ2) is 8.17. The number of methoxy groups -OCH3 is 1. The summed E-state index contributed by atoms with van der Waals surface area (Å²) in [5, 5.41) is 11.5. The van der Waals surface area contributed by atoms with Crippen LogP contribution >= 0.6 is 27.7 Å². The third-order valence-corrected chi connectivity index (χ3v) is 4.98. The largest absolute Gasteiger partial charge is 0.495 e. The van der Waals surface area contributed by atoms with Crippen LogP contribution in [0.3, 0.4) is 0 Å². The van der Waals surface area contributed by atoms with E-state index in [1.165, 1.54) is 11.8 Å². The number of thioether (sulfide) groups is 1. The lowest BCUT2D eigenvalue weighted by Gasteiger charge is -2.11. The van der Waals surface area contributed by atoms with E-state index in [9.17, 15) is 4.79 Å². The van der Waals surface area contributed by atoms with Gasteiger partial charge < -0.3 is 10.1 Å². The van der Waals surface area contributed by atoms with Crippen molar-refractivity contribution in [3.8, 4) is 11.4 Å². The van der Waals surface area contributed by atoms with Gasteiger partial charge in [0.15, 0.2) is 5.16 Å². The molecule has 0 unspecified atom stereocenters. The van der Waals surface area contributed by atoms with Crippen molar-refractivity contribution in [3.63, 3.8) is 0 Å². The van der Waals surface area contributed by atoms with Gasteiger partial charge in [-0.25, -0.2) is 0 Å². The summed E-state index contributed by atoms with van der Waals surface area (Å²) in [6.45, 7) is 0. The molecule has 0 saturated heterocycles. The average molecular weight is 419 g/mol. The van der Waals surface area contributed by atoms with E-state index in [-0.39, 0.29) is 11.7 Å². The summed E-state index contributed by atoms with van der Waals surface area (Å²) in [6, 6.07) is 15.1. The van der Waals surface area contributed by atoms with E-state index < -0.39 is 0 Å². The first-order valence-electron chi connectivity index (χ1n) is 7.39. The summed E-state index contributed by atoms with van der Waals surface area (Å²) in [5.74, 6) is 0.808. The highest BCUT2D eigenvalue weighted by Crippen LogP contribution is 2.27. The molecule has 3 aromatic rings. The Morgan fingerprint density at radius 2 is 2.00 bits per heavy atom. The number of aromatic nitrogens is 3. The van der Waals surface area contributed by atoms with Crippen molar-refractivity contribution < 1.29 is 9.53 Å². The van der Waals surface area contributed by atoms with Gasteiger partial charge in [-0.3, -0.25) is 9.36 Å². The lowest BCUT2D eigenvalue weighted by molar-refractivity contribution is -0.113. The lowest BCUT2D eigenvalue weighted by Crippen LogP contribution is -2.14. The number of hydrogen-bond donors (Lipinski definition) is 1. The Balaban J connectivity index is 1.70. The molecular weight excluding hydrogens is 404 g/mol. The molecule has 3 rings (SSSR count). The van der Waals surface area contributed by atoms with Crippen LogP contribution < -0.4 is 10.1 Å². The van der Waals surface area contributed by atoms with Crippen molar-refractivity contribution in [1.82, 2.24) is 14.8 Å². The Morgan fingerprint density at radius 1 is 1.24 bits per heavy atom. The van der Waals surface area contributed by atoms with Crippen LogP contribution in [0, 0.1) is 0 Å². The number of rotatable bonds is 6. The normalized spacial score (nSPS) is 10.5. The summed E-state index contributed by atoms with van der Waals surface area (Å²) in [5.41, 5.74) is 1.56. The van der Waals surface area contributed by atoms with Crippen LogP contribution in [0.2, 0.25) is 0 Å². The first-order chi connectivity index (χ1) is 12.2. The number of nitrogens with one attached hydrogen (secondary N) is 1. The van der Waals surface area contributed by atoms with Crippen molar-refractivity contribution in [2.75, 3.05) is 18.2 Å². The molecule has 0 aliphatic heterocycles. The Hall–Kier alpha value is -2.32. The second-order valence-corrected chi connectivity index (χ2v) is 6.77. The molecule has 0 bridgehead atoms. The predicted octanol–water partition coefficient (Wildman–Crippen LogP) is 3.77. The zero-order valence-corrected chi connectivity index (χ0v) is 15.8. The molecule has 0 radical (unpaired) electrons. The van der Waals surface area contributed by atoms with Gasteiger partial charge in [0.05, 0.1) is 24.2 Å². The molecule has 0 spiro atoms. The number of nitrogens with zero attached hydrogens (tertiary/aromatic N) is 3. The molecule has 1 amide bonds. The van der Waals surface area contributed by atoms with Gasteiger partial charge in [-0.2, -0.15) is 0 Å². The van der Waals surface area contributed by atoms with Crippen LogP contribution in [0.25, 0.3) is 5.69 Å². The number of hydrogen-bond acceptors (Lipinski definition) is 5. The van der Waals surface area contributed by atoms with E-state index in [1.54, 1.807) is 18.0 Å². The third-order valence-electron chi connectivity index (χ3n) is 3.34. The van der Waals surface area contributed by atoms with E-state index >= 15 is 0 Å². The number of para-hydroxylation sites is 3. The van der Waals surface area contributed by atoms with E-state index in [0.29, 0.717) is 10.9 Å². The monoisotopic (exact) mass is 418 g/mol. The standard InChI is InChI=1S/C17H15BrN4O2S/c1-24-15-9-5-4-8-14(15)22-11-19-21-17(22)25-10-16(23)20-13-7-3-2-6-12(13)18/h2-9,11H,10H2,1H3,(H,20,23). The summed E-state index contributed by atoms with van der Waals surface area (Å²) in [4.78, 5) is 12.2. The van der Waals surface area contributed by atoms with Crippen molar-refractivity contribution >= 4 is 39.3 Å². The lowest BCUT2D eigenvalue weighted by atomic mass is 10.3. The average Bonchev–Trinajstić information content (AvgIpc) is 3.10. The third kappa shape index (κ3) is 4.21. The zero-order chi connectivity index (χ0) is 17.6. The van der Waals surface area contributed by atoms with Gasteiger partial charge in [-0.1, -0.05) is 36.0 Å². The van der Waals surface area contributed by atoms with E-state index in [4.69, 9.17) is 4.74 Å². The Kier molecular flexibility index (Phi) is 5.72. The van der Waals surface area contributed by atoms with E-state index in [0.717, 1.165) is 15.8 Å². The molecular formula is C17H15BrN4O2S. The highest BCUT2D eigenvalue weighted by atomic mass is 79.9. The molecule has 0 fully saturated rings. The molecule has 0 aliphatic carbocycles. The minimum Gasteiger partial charge on any atom is -0.495 e. The molecule has 0 saturated carbocycles. The van der Waals surface area contributed by atoms with Gasteiger partial charge >= 0.3 is 0 Å². The Labute approximate surface area is 157 Å². The molecule has 25 heavy (non-hydrogen) atoms. The van der Waals surface area contributed by atoms with Gasteiger partial charge in [-0.05, 0) is 40.2 Å². The van der Waals surface area contributed by atoms with Crippen molar-refractivity contribution in [1.29, 1.82) is 0 Å². The number of carbonyl (C=O) groups is 1. The SMILES string of the molecule is COc1ccccc1-n1cnnc1SCC(=O)Nc1ccccc1Br. The van der Waals surface area contributed by atoms with Crippen LogP contribution in [0.5, 0.6) is 5.75 Å². The minimum absolute atomic E-state index is 0.119. The maximum Gasteiger partial charge on any atom is 0.234 e. The second-order valence-electron chi connectivity index (χ2n) is 4.97. The number of carbonyl (C=O) groups excluding carboxylic acids is 1. The van der Waals surface area contributed by atoms with Gasteiger partial charge in [0.25, 0.3) is 0 Å². The molecule has 128 valence electrons. The van der Waals surface area contributed by atoms with Crippen molar-refractivity contribution in [2.24, 2.45) is 0 Å². The molecule has 1 N–H and O–H groups in total. The van der Waals surface area contributed by atoms with Gasteiger partial charge in [0.1, 0.15) is 12.1 Å². The van der Waals surface area contributed by atoms with Gasteiger partial charge in [-0.15, -0.1) is 10.2 Å². The van der Waals surface area contributed by atoms with Crippen molar-refractivity contribution in [3.05, 3.63) is 59.3 Å². The van der Waals surface area contributed by atoms with Crippen LogP contribution in [0.4, 0.5) is 5.69 Å². The summed E-state index contributed by atoms with van der Waals surface area (Å²) in [6.07, 6.45) is 1.60. The molecule has 0 aliphatic rings. The van der Waals surface area contributed by atoms with Gasteiger partial charge in [0, 0.05) is 4.47 Å². The predicted molar refractivity (Wildman–Crippen MR) is 101 cm³/mol. The highest BCUT2D eigenvalue weighted by Gasteiger charge is 2.13. The van der Waals surface area contributed by atoms with Crippen LogP contribution in [0.1, 0.15) is 0 Å². The summed E-state index contributed by atoms with van der Waals surface area (Å²) >= 11 is 4.72. The van der Waals surface area contributed by atoms with Crippen LogP contribution in [-0.2, 0) is 4.79 Å². The minimum atomic E-state index is -0.119. The molecule has 8 heteroatoms. The molecule has 1 aromatic heterocycles. The van der Waals surface area contributed by atoms with Crippen LogP contribution in [-0.4, -0.2) is 33.5 Å². The van der Waals surface area contributed by atoms with Gasteiger partial charge in [0.2, 0.25) is 5.91 Å². The number of benzene rings is 2. The van der Waals surface area contributed by atoms with E-state index in [2.05, 4.69) is 31.4 Å². The first-order valence-corrected chi connectivity index (χ1v) is 9.17. The smallest absolute Gasteiger partial charge is 0.234 e. The quantitative estimate of drug-likeness (QED) is 0.616. The Morgan fingerprint density at radius 3 is 2.80 bits per heavy atom. The zero-order valence-electron chi connectivity index (χ0n) is 13.3. The Bertz CT molecular complexity index is 884. The molecule has 0 atom stereocenters. The fraction of sp³-hybridized carbons (Fsp3) is 0.118. The topological polar surface area (TPSA) is 69.0 Å². The molecule has 2 aromatic carbocycles. The number of anilines is 1. The fourth-order valence-corrected chi connectivity index (χ4v) is 3.30. The molecule has 6 nitrogen and oxygen atoms in total. The van der Waals surface area contributed by atoms with Crippen LogP contribution in [0.15, 0.2) is 64.5 Å². The summed E-state index contributed by atoms with van der Waals surface area (Å²) < 4.78 is 8.01. The number of amides is 1. The fourth-order valence-electron chi connectivity index (χ4n) is 2.20. The molecule has 1 heterocycles. The highest BCUT2D eigenvalue weighted by molar-refractivity contribution is 9.10. The maximum atomic E-state index is 12.2. The summed E-state index contributed by atoms with van der Waals surface area (Å²) in [7, 11) is 1.61. The van der Waals surface area contributed by atoms with E-state index in [1.807, 2.05) is 48.5 Å².